The Bertz CT molecular complexity index is 524. The molecular formula is C18H13P. The molecule has 0 saturated carbocycles. The molecular weight excluding hydrogens is 247 g/mol. The zero-order valence-electron chi connectivity index (χ0n) is 10.5. The van der Waals surface area contributed by atoms with E-state index in [2.05, 4.69) is 78.9 Å². The van der Waals surface area contributed by atoms with Crippen molar-refractivity contribution in [3.8, 4) is 0 Å². The van der Waals surface area contributed by atoms with E-state index >= 15 is 0 Å². The van der Waals surface area contributed by atoms with Crippen molar-refractivity contribution >= 4 is 23.8 Å². The molecule has 0 atom stereocenters. The van der Waals surface area contributed by atoms with Gasteiger partial charge in [0.25, 0.3) is 0 Å². The van der Waals surface area contributed by atoms with Crippen molar-refractivity contribution < 1.29 is 0 Å². The van der Waals surface area contributed by atoms with Gasteiger partial charge in [0.1, 0.15) is 0 Å². The second kappa shape index (κ2) is 5.70. The Morgan fingerprint density at radius 1 is 0.632 bits per heavy atom. The molecule has 0 aliphatic heterocycles. The van der Waals surface area contributed by atoms with Gasteiger partial charge in [0.05, 0.1) is 0 Å². The fraction of sp³-hybridized carbons (Fsp3) is 0. The van der Waals surface area contributed by atoms with Gasteiger partial charge in [-0.1, -0.05) is 78.9 Å². The summed E-state index contributed by atoms with van der Waals surface area (Å²) in [6, 6.07) is 33.7. The summed E-state index contributed by atoms with van der Waals surface area (Å²) in [5.41, 5.74) is 0. The third-order valence-corrected chi connectivity index (χ3v) is 5.28. The molecule has 0 N–H and O–H groups in total. The number of hydrogen-bond donors (Lipinski definition) is 0. The molecule has 0 aliphatic rings. The zero-order valence-corrected chi connectivity index (χ0v) is 11.3. The molecule has 0 fully saturated rings. The van der Waals surface area contributed by atoms with Crippen molar-refractivity contribution in [1.29, 1.82) is 0 Å². The highest BCUT2D eigenvalue weighted by Gasteiger charge is 2.15. The Labute approximate surface area is 115 Å². The smallest absolute Gasteiger partial charge is 0.0348 e. The first-order valence-corrected chi connectivity index (χ1v) is 7.58. The molecule has 0 bridgehead atoms. The summed E-state index contributed by atoms with van der Waals surface area (Å²) >= 11 is 0. The summed E-state index contributed by atoms with van der Waals surface area (Å²) in [7, 11) is -0.533. The van der Waals surface area contributed by atoms with E-state index in [0.717, 1.165) is 0 Å². The largest absolute Gasteiger partial charge is 0.0696 e. The van der Waals surface area contributed by atoms with Crippen LogP contribution in [0.25, 0.3) is 0 Å². The second-order valence-electron chi connectivity index (χ2n) is 4.19. The molecule has 0 saturated heterocycles. The summed E-state index contributed by atoms with van der Waals surface area (Å²) in [6.07, 6.45) is 0. The minimum absolute atomic E-state index is 0.533. The molecule has 0 unspecified atom stereocenters. The average molecular weight is 260 g/mol. The minimum Gasteiger partial charge on any atom is -0.0696 e. The van der Waals surface area contributed by atoms with Gasteiger partial charge in [0.15, 0.2) is 0 Å². The molecule has 19 heavy (non-hydrogen) atoms. The summed E-state index contributed by atoms with van der Waals surface area (Å²) in [5, 5.41) is 3.91. The normalized spacial score (nSPS) is 10.2. The van der Waals surface area contributed by atoms with Gasteiger partial charge in [-0.25, -0.2) is 0 Å². The van der Waals surface area contributed by atoms with Gasteiger partial charge in [-0.2, -0.15) is 0 Å². The highest BCUT2D eigenvalue weighted by molar-refractivity contribution is 7.79. The molecule has 3 aromatic carbocycles. The lowest BCUT2D eigenvalue weighted by molar-refractivity contribution is 1.74. The SMILES string of the molecule is c1cccc(P(c2ccccc2)c2ccccc2)c#1. The molecule has 0 aliphatic carbocycles. The van der Waals surface area contributed by atoms with Crippen LogP contribution >= 0.6 is 7.92 Å². The van der Waals surface area contributed by atoms with Crippen molar-refractivity contribution in [2.24, 2.45) is 0 Å². The third-order valence-electron chi connectivity index (χ3n) is 2.90. The molecule has 0 aromatic heterocycles. The molecule has 0 radical (unpaired) electrons. The Hall–Kier alpha value is -2.09. The number of hydrogen-bond acceptors (Lipinski definition) is 0. The van der Waals surface area contributed by atoms with Crippen LogP contribution < -0.4 is 15.9 Å². The van der Waals surface area contributed by atoms with E-state index in [9.17, 15) is 0 Å². The van der Waals surface area contributed by atoms with E-state index in [0.29, 0.717) is 0 Å². The van der Waals surface area contributed by atoms with Crippen LogP contribution in [0.4, 0.5) is 0 Å². The summed E-state index contributed by atoms with van der Waals surface area (Å²) < 4.78 is 0. The van der Waals surface area contributed by atoms with Crippen LogP contribution in [0, 0.1) is 12.1 Å². The molecule has 0 amide bonds. The van der Waals surface area contributed by atoms with E-state index in [1.807, 2.05) is 12.1 Å². The summed E-state index contributed by atoms with van der Waals surface area (Å²) in [4.78, 5) is 0. The van der Waals surface area contributed by atoms with Gasteiger partial charge in [-0.15, -0.1) is 0 Å². The van der Waals surface area contributed by atoms with Gasteiger partial charge in [-0.05, 0) is 30.7 Å². The van der Waals surface area contributed by atoms with Crippen LogP contribution in [-0.4, -0.2) is 0 Å². The monoisotopic (exact) mass is 260 g/mol. The lowest BCUT2D eigenvalue weighted by Crippen LogP contribution is -2.19. The van der Waals surface area contributed by atoms with Crippen LogP contribution in [0.5, 0.6) is 0 Å². The lowest BCUT2D eigenvalue weighted by Gasteiger charge is -2.17. The molecule has 3 aromatic rings. The molecule has 1 heteroatoms. The van der Waals surface area contributed by atoms with Crippen molar-refractivity contribution in [2.75, 3.05) is 0 Å². The van der Waals surface area contributed by atoms with Gasteiger partial charge >= 0.3 is 0 Å². The maximum Gasteiger partial charge on any atom is 0.0348 e. The summed E-state index contributed by atoms with van der Waals surface area (Å²) in [5.74, 6) is 0. The van der Waals surface area contributed by atoms with E-state index in [-0.39, 0.29) is 0 Å². The van der Waals surface area contributed by atoms with Gasteiger partial charge in [-0.3, -0.25) is 0 Å². The van der Waals surface area contributed by atoms with Crippen molar-refractivity contribution in [2.45, 2.75) is 0 Å². The Morgan fingerprint density at radius 3 is 1.68 bits per heavy atom. The van der Waals surface area contributed by atoms with Gasteiger partial charge in [0.2, 0.25) is 0 Å². The van der Waals surface area contributed by atoms with Gasteiger partial charge in [0, 0.05) is 5.30 Å². The summed E-state index contributed by atoms with van der Waals surface area (Å²) in [6.45, 7) is 0. The maximum absolute atomic E-state index is 3.27. The van der Waals surface area contributed by atoms with Crippen molar-refractivity contribution in [1.82, 2.24) is 0 Å². The first kappa shape index (κ1) is 12.0. The molecule has 0 nitrogen and oxygen atoms in total. The quantitative estimate of drug-likeness (QED) is 0.635. The average Bonchev–Trinajstić information content (AvgIpc) is 2.51. The number of rotatable bonds is 3. The van der Waals surface area contributed by atoms with E-state index < -0.39 is 7.92 Å². The number of benzene rings is 2. The van der Waals surface area contributed by atoms with Crippen LogP contribution in [0.3, 0.4) is 0 Å². The molecule has 3 rings (SSSR count). The van der Waals surface area contributed by atoms with Crippen molar-refractivity contribution in [3.05, 3.63) is 91.0 Å². The van der Waals surface area contributed by atoms with Crippen LogP contribution in [-0.2, 0) is 0 Å². The Morgan fingerprint density at radius 2 is 1.21 bits per heavy atom. The standard InChI is InChI=1S/C18H13P/c1-4-10-16(11-5-1)19(17-12-6-2-7-13-17)18-14-8-3-9-15-18/h1-8,10-14H. The predicted molar refractivity (Wildman–Crippen MR) is 82.8 cm³/mol. The van der Waals surface area contributed by atoms with Crippen LogP contribution in [0.15, 0.2) is 78.9 Å². The zero-order chi connectivity index (χ0) is 12.9. The Kier molecular flexibility index (Phi) is 3.59. The van der Waals surface area contributed by atoms with E-state index in [1.54, 1.807) is 0 Å². The second-order valence-corrected chi connectivity index (χ2v) is 6.37. The van der Waals surface area contributed by atoms with Crippen LogP contribution in [0.2, 0.25) is 0 Å². The fourth-order valence-corrected chi connectivity index (χ4v) is 4.26. The molecule has 90 valence electrons. The predicted octanol–water partition coefficient (Wildman–Crippen LogP) is 3.05. The molecule has 0 spiro atoms. The highest BCUT2D eigenvalue weighted by atomic mass is 31.1. The maximum atomic E-state index is 3.27. The Balaban J connectivity index is 2.12. The van der Waals surface area contributed by atoms with Crippen LogP contribution in [0.1, 0.15) is 0 Å². The fourth-order valence-electron chi connectivity index (χ4n) is 2.06. The topological polar surface area (TPSA) is 0 Å². The lowest BCUT2D eigenvalue weighted by atomic mass is 10.4. The highest BCUT2D eigenvalue weighted by Crippen LogP contribution is 2.31. The third kappa shape index (κ3) is 2.68. The molecule has 0 heterocycles. The van der Waals surface area contributed by atoms with Gasteiger partial charge < -0.3 is 0 Å². The first-order valence-electron chi connectivity index (χ1n) is 6.24. The first-order chi connectivity index (χ1) is 9.45. The minimum atomic E-state index is -0.533. The van der Waals surface area contributed by atoms with Crippen molar-refractivity contribution in [3.63, 3.8) is 0 Å². The van der Waals surface area contributed by atoms with E-state index in [4.69, 9.17) is 0 Å². The van der Waals surface area contributed by atoms with E-state index in [1.165, 1.54) is 15.9 Å².